The molecule has 4 heteroatoms. The number of nitrogens with two attached hydrogens (primary N) is 1. The van der Waals surface area contributed by atoms with Gasteiger partial charge in [-0.15, -0.1) is 0 Å². The van der Waals surface area contributed by atoms with E-state index in [2.05, 4.69) is 9.97 Å². The molecule has 2 N–H and O–H groups in total. The quantitative estimate of drug-likeness (QED) is 0.732. The normalized spacial score (nSPS) is 10.4. The summed E-state index contributed by atoms with van der Waals surface area (Å²) in [5.74, 6) is 0.501. The van der Waals surface area contributed by atoms with Gasteiger partial charge >= 0.3 is 0 Å². The van der Waals surface area contributed by atoms with Gasteiger partial charge in [0.25, 0.3) is 0 Å². The van der Waals surface area contributed by atoms with Crippen molar-refractivity contribution in [3.63, 3.8) is 0 Å². The molecule has 0 aliphatic rings. The minimum atomic E-state index is 0.501. The highest BCUT2D eigenvalue weighted by Crippen LogP contribution is 2.22. The third kappa shape index (κ3) is 1.35. The second-order valence-electron chi connectivity index (χ2n) is 3.33. The number of rotatable bonds is 1. The molecule has 0 amide bonds. The van der Waals surface area contributed by atoms with Crippen molar-refractivity contribution in [1.82, 2.24) is 9.97 Å². The Balaban J connectivity index is 2.75. The Morgan fingerprint density at radius 1 is 1.21 bits per heavy atom. The van der Waals surface area contributed by atoms with Crippen molar-refractivity contribution in [1.29, 1.82) is 0 Å². The van der Waals surface area contributed by atoms with Crippen molar-refractivity contribution in [3.8, 4) is 0 Å². The number of aromatic nitrogens is 2. The van der Waals surface area contributed by atoms with Gasteiger partial charge in [0, 0.05) is 31.4 Å². The summed E-state index contributed by atoms with van der Waals surface area (Å²) < 4.78 is 0. The summed E-state index contributed by atoms with van der Waals surface area (Å²) in [4.78, 5) is 10.4. The zero-order valence-corrected chi connectivity index (χ0v) is 8.23. The number of hydrogen-bond acceptors (Lipinski definition) is 4. The van der Waals surface area contributed by atoms with Crippen LogP contribution in [0.1, 0.15) is 0 Å². The van der Waals surface area contributed by atoms with Crippen LogP contribution in [-0.2, 0) is 0 Å². The smallest absolute Gasteiger partial charge is 0.163 e. The Morgan fingerprint density at radius 3 is 2.71 bits per heavy atom. The second kappa shape index (κ2) is 3.14. The molecule has 0 aromatic carbocycles. The topological polar surface area (TPSA) is 55.0 Å². The number of anilines is 2. The predicted molar refractivity (Wildman–Crippen MR) is 58.3 cm³/mol. The Kier molecular flexibility index (Phi) is 1.96. The van der Waals surface area contributed by atoms with Crippen LogP contribution in [0.15, 0.2) is 24.4 Å². The van der Waals surface area contributed by atoms with Crippen molar-refractivity contribution in [2.75, 3.05) is 24.7 Å². The van der Waals surface area contributed by atoms with Gasteiger partial charge < -0.3 is 10.6 Å². The molecule has 0 unspecified atom stereocenters. The van der Waals surface area contributed by atoms with Crippen LogP contribution in [0.5, 0.6) is 0 Å². The van der Waals surface area contributed by atoms with Crippen LogP contribution in [0, 0.1) is 0 Å². The summed E-state index contributed by atoms with van der Waals surface area (Å²) in [7, 11) is 3.98. The molecule has 0 aliphatic carbocycles. The first kappa shape index (κ1) is 8.74. The lowest BCUT2D eigenvalue weighted by molar-refractivity contribution is 1.13. The maximum absolute atomic E-state index is 5.59. The standard InChI is InChI=1S/C10H12N4/c1-14(2)8-5-6-12-10-7(8)3-4-9(11)13-10/h3-6H,1-2H3,(H2,11,12,13). The molecule has 4 nitrogen and oxygen atoms in total. The average Bonchev–Trinajstić information content (AvgIpc) is 2.16. The summed E-state index contributed by atoms with van der Waals surface area (Å²) in [5.41, 5.74) is 7.38. The SMILES string of the molecule is CN(C)c1ccnc2nc(N)ccc12. The minimum Gasteiger partial charge on any atom is -0.384 e. The molecule has 0 saturated heterocycles. The van der Waals surface area contributed by atoms with E-state index < -0.39 is 0 Å². The van der Waals surface area contributed by atoms with Gasteiger partial charge in [0.1, 0.15) is 5.82 Å². The van der Waals surface area contributed by atoms with Crippen LogP contribution in [0.4, 0.5) is 11.5 Å². The van der Waals surface area contributed by atoms with Gasteiger partial charge in [0.15, 0.2) is 5.65 Å². The van der Waals surface area contributed by atoms with E-state index in [1.165, 1.54) is 0 Å². The lowest BCUT2D eigenvalue weighted by atomic mass is 10.2. The Bertz CT molecular complexity index is 465. The Hall–Kier alpha value is -1.84. The van der Waals surface area contributed by atoms with Crippen LogP contribution < -0.4 is 10.6 Å². The molecule has 0 bridgehead atoms. The van der Waals surface area contributed by atoms with Crippen molar-refractivity contribution in [3.05, 3.63) is 24.4 Å². The fourth-order valence-corrected chi connectivity index (χ4v) is 1.42. The third-order valence-corrected chi connectivity index (χ3v) is 2.08. The number of fused-ring (bicyclic) bond motifs is 1. The predicted octanol–water partition coefficient (Wildman–Crippen LogP) is 1.28. The lowest BCUT2D eigenvalue weighted by Crippen LogP contribution is -2.09. The van der Waals surface area contributed by atoms with Gasteiger partial charge in [-0.2, -0.15) is 0 Å². The van der Waals surface area contributed by atoms with Crippen LogP contribution >= 0.6 is 0 Å². The molecule has 2 rings (SSSR count). The monoisotopic (exact) mass is 188 g/mol. The fourth-order valence-electron chi connectivity index (χ4n) is 1.42. The first-order valence-electron chi connectivity index (χ1n) is 4.37. The van der Waals surface area contributed by atoms with Crippen LogP contribution in [0.3, 0.4) is 0 Å². The number of nitrogens with zero attached hydrogens (tertiary/aromatic N) is 3. The van der Waals surface area contributed by atoms with E-state index in [1.807, 2.05) is 31.1 Å². The summed E-state index contributed by atoms with van der Waals surface area (Å²) >= 11 is 0. The maximum atomic E-state index is 5.59. The molecule has 0 saturated carbocycles. The van der Waals surface area contributed by atoms with E-state index in [0.717, 1.165) is 11.1 Å². The van der Waals surface area contributed by atoms with Crippen molar-refractivity contribution >= 4 is 22.5 Å². The zero-order chi connectivity index (χ0) is 10.1. The van der Waals surface area contributed by atoms with E-state index in [4.69, 9.17) is 5.73 Å². The maximum Gasteiger partial charge on any atom is 0.163 e. The molecule has 2 heterocycles. The number of nitrogen functional groups attached to an aromatic ring is 1. The Labute approximate surface area is 82.4 Å². The van der Waals surface area contributed by atoms with E-state index >= 15 is 0 Å². The molecule has 0 spiro atoms. The summed E-state index contributed by atoms with van der Waals surface area (Å²) in [6, 6.07) is 5.69. The summed E-state index contributed by atoms with van der Waals surface area (Å²) in [6.07, 6.45) is 1.74. The van der Waals surface area contributed by atoms with E-state index in [1.54, 1.807) is 12.3 Å². The molecule has 0 atom stereocenters. The summed E-state index contributed by atoms with van der Waals surface area (Å²) in [5, 5.41) is 1.02. The molecule has 2 aromatic rings. The van der Waals surface area contributed by atoms with Crippen molar-refractivity contribution in [2.24, 2.45) is 0 Å². The second-order valence-corrected chi connectivity index (χ2v) is 3.33. The van der Waals surface area contributed by atoms with Gasteiger partial charge in [0.2, 0.25) is 0 Å². The number of hydrogen-bond donors (Lipinski definition) is 1. The Morgan fingerprint density at radius 2 is 2.00 bits per heavy atom. The van der Waals surface area contributed by atoms with E-state index in [0.29, 0.717) is 11.5 Å². The highest BCUT2D eigenvalue weighted by Gasteiger charge is 2.04. The molecular formula is C10H12N4. The molecule has 0 aliphatic heterocycles. The lowest BCUT2D eigenvalue weighted by Gasteiger charge is -2.14. The molecule has 72 valence electrons. The van der Waals surface area contributed by atoms with E-state index in [9.17, 15) is 0 Å². The van der Waals surface area contributed by atoms with Gasteiger partial charge in [-0.25, -0.2) is 9.97 Å². The third-order valence-electron chi connectivity index (χ3n) is 2.08. The first-order chi connectivity index (χ1) is 6.68. The molecular weight excluding hydrogens is 176 g/mol. The zero-order valence-electron chi connectivity index (χ0n) is 8.23. The van der Waals surface area contributed by atoms with Gasteiger partial charge in [-0.3, -0.25) is 0 Å². The van der Waals surface area contributed by atoms with Crippen LogP contribution in [0.25, 0.3) is 11.0 Å². The molecule has 2 aromatic heterocycles. The molecule has 0 fully saturated rings. The van der Waals surface area contributed by atoms with Gasteiger partial charge in [0.05, 0.1) is 0 Å². The van der Waals surface area contributed by atoms with Crippen LogP contribution in [-0.4, -0.2) is 24.1 Å². The summed E-state index contributed by atoms with van der Waals surface area (Å²) in [6.45, 7) is 0. The fraction of sp³-hybridized carbons (Fsp3) is 0.200. The van der Waals surface area contributed by atoms with Gasteiger partial charge in [-0.1, -0.05) is 0 Å². The largest absolute Gasteiger partial charge is 0.384 e. The molecule has 0 radical (unpaired) electrons. The van der Waals surface area contributed by atoms with Crippen molar-refractivity contribution in [2.45, 2.75) is 0 Å². The first-order valence-corrected chi connectivity index (χ1v) is 4.37. The number of pyridine rings is 2. The van der Waals surface area contributed by atoms with Gasteiger partial charge in [-0.05, 0) is 18.2 Å². The average molecular weight is 188 g/mol. The minimum absolute atomic E-state index is 0.501. The van der Waals surface area contributed by atoms with Crippen molar-refractivity contribution < 1.29 is 0 Å². The highest BCUT2D eigenvalue weighted by atomic mass is 15.1. The molecule has 14 heavy (non-hydrogen) atoms. The van der Waals surface area contributed by atoms with Crippen LogP contribution in [0.2, 0.25) is 0 Å². The highest BCUT2D eigenvalue weighted by molar-refractivity contribution is 5.89. The van der Waals surface area contributed by atoms with E-state index in [-0.39, 0.29) is 0 Å².